The number of hydrogen-bond acceptors (Lipinski definition) is 1. The van der Waals surface area contributed by atoms with Crippen LogP contribution in [0.4, 0.5) is 4.39 Å². The van der Waals surface area contributed by atoms with E-state index in [1.807, 2.05) is 0 Å². The van der Waals surface area contributed by atoms with Crippen LogP contribution in [0.25, 0.3) is 0 Å². The minimum Gasteiger partial charge on any atom is -0.478 e. The highest BCUT2D eigenvalue weighted by Crippen LogP contribution is 2.37. The van der Waals surface area contributed by atoms with Crippen LogP contribution < -0.4 is 0 Å². The zero-order chi connectivity index (χ0) is 12.4. The zero-order valence-corrected chi connectivity index (χ0v) is 9.88. The number of aliphatic carboxylic acids is 1. The smallest absolute Gasteiger partial charge is 0.331 e. The van der Waals surface area contributed by atoms with E-state index in [4.69, 9.17) is 16.7 Å². The quantitative estimate of drug-likeness (QED) is 0.873. The molecule has 90 valence electrons. The van der Waals surface area contributed by atoms with Crippen molar-refractivity contribution < 1.29 is 14.3 Å². The van der Waals surface area contributed by atoms with Crippen molar-refractivity contribution in [3.05, 3.63) is 46.3 Å². The molecule has 0 saturated carbocycles. The van der Waals surface area contributed by atoms with Crippen LogP contribution in [0.1, 0.15) is 30.7 Å². The van der Waals surface area contributed by atoms with E-state index < -0.39 is 5.97 Å². The van der Waals surface area contributed by atoms with Crippen molar-refractivity contribution in [1.29, 1.82) is 0 Å². The van der Waals surface area contributed by atoms with Crippen LogP contribution in [-0.2, 0) is 4.79 Å². The summed E-state index contributed by atoms with van der Waals surface area (Å²) in [5.74, 6) is -1.22. The first kappa shape index (κ1) is 12.1. The first-order valence-corrected chi connectivity index (χ1v) is 5.83. The molecule has 4 heteroatoms. The van der Waals surface area contributed by atoms with Crippen LogP contribution in [0.3, 0.4) is 0 Å². The molecular formula is C13H12ClFO2. The van der Waals surface area contributed by atoms with Crippen LogP contribution >= 0.6 is 11.6 Å². The molecule has 0 amide bonds. The second kappa shape index (κ2) is 4.88. The van der Waals surface area contributed by atoms with E-state index in [9.17, 15) is 9.18 Å². The monoisotopic (exact) mass is 254 g/mol. The minimum atomic E-state index is -0.886. The summed E-state index contributed by atoms with van der Waals surface area (Å²) in [7, 11) is 0. The number of allylic oxidation sites excluding steroid dienone is 1. The largest absolute Gasteiger partial charge is 0.478 e. The molecule has 0 fully saturated rings. The van der Waals surface area contributed by atoms with Gasteiger partial charge in [-0.25, -0.2) is 9.18 Å². The fourth-order valence-electron chi connectivity index (χ4n) is 2.19. The number of benzene rings is 1. The number of carbonyl (C=O) groups is 1. The van der Waals surface area contributed by atoms with E-state index in [1.165, 1.54) is 6.07 Å². The van der Waals surface area contributed by atoms with E-state index in [0.717, 1.165) is 0 Å². The van der Waals surface area contributed by atoms with Gasteiger partial charge in [0.2, 0.25) is 0 Å². The van der Waals surface area contributed by atoms with Gasteiger partial charge in [0.25, 0.3) is 0 Å². The predicted octanol–water partition coefficient (Wildman–Crippen LogP) is 3.76. The Hall–Kier alpha value is -1.35. The van der Waals surface area contributed by atoms with Gasteiger partial charge in [0.1, 0.15) is 5.82 Å². The second-order valence-corrected chi connectivity index (χ2v) is 4.55. The van der Waals surface area contributed by atoms with Crippen molar-refractivity contribution in [3.63, 3.8) is 0 Å². The van der Waals surface area contributed by atoms with Crippen LogP contribution in [0, 0.1) is 5.82 Å². The van der Waals surface area contributed by atoms with Gasteiger partial charge in [-0.15, -0.1) is 0 Å². The maximum Gasteiger partial charge on any atom is 0.331 e. The molecule has 1 aromatic carbocycles. The number of carboxylic acids is 1. The summed E-state index contributed by atoms with van der Waals surface area (Å²) in [6, 6.07) is 4.62. The molecule has 17 heavy (non-hydrogen) atoms. The summed E-state index contributed by atoms with van der Waals surface area (Å²) < 4.78 is 13.7. The average Bonchev–Trinajstić information content (AvgIpc) is 2.29. The molecule has 1 atom stereocenters. The minimum absolute atomic E-state index is 0.0215. The fourth-order valence-corrected chi connectivity index (χ4v) is 2.51. The summed E-state index contributed by atoms with van der Waals surface area (Å²) in [6.07, 6.45) is 3.28. The second-order valence-electron chi connectivity index (χ2n) is 4.14. The van der Waals surface area contributed by atoms with Crippen LogP contribution in [0.5, 0.6) is 0 Å². The standard InChI is InChI=1S/C13H12ClFO2/c14-10-2-1-3-11(15)12(10)8-4-6-9(7-5-8)13(16)17/h1-3,6,8H,4-5,7H2,(H,16,17). The van der Waals surface area contributed by atoms with E-state index >= 15 is 0 Å². The maximum absolute atomic E-state index is 13.7. The van der Waals surface area contributed by atoms with Gasteiger partial charge >= 0.3 is 5.97 Å². The SMILES string of the molecule is O=C(O)C1=CCC(c2c(F)cccc2Cl)CC1. The summed E-state index contributed by atoms with van der Waals surface area (Å²) in [6.45, 7) is 0. The van der Waals surface area contributed by atoms with Gasteiger partial charge in [-0.1, -0.05) is 23.7 Å². The average molecular weight is 255 g/mol. The Morgan fingerprint density at radius 1 is 1.47 bits per heavy atom. The molecule has 1 aromatic rings. The van der Waals surface area contributed by atoms with E-state index in [-0.39, 0.29) is 11.7 Å². The lowest BCUT2D eigenvalue weighted by molar-refractivity contribution is -0.132. The highest BCUT2D eigenvalue weighted by Gasteiger charge is 2.23. The van der Waals surface area contributed by atoms with Crippen molar-refractivity contribution in [3.8, 4) is 0 Å². The molecule has 1 aliphatic carbocycles. The van der Waals surface area contributed by atoms with E-state index in [0.29, 0.717) is 35.4 Å². The van der Waals surface area contributed by atoms with Crippen LogP contribution in [0.2, 0.25) is 5.02 Å². The lowest BCUT2D eigenvalue weighted by Crippen LogP contribution is -2.11. The van der Waals surface area contributed by atoms with Gasteiger partial charge in [0.05, 0.1) is 0 Å². The Bertz CT molecular complexity index is 462. The first-order valence-electron chi connectivity index (χ1n) is 5.46. The van der Waals surface area contributed by atoms with Gasteiger partial charge in [0, 0.05) is 16.2 Å². The Labute approximate surface area is 104 Å². The van der Waals surface area contributed by atoms with Crippen LogP contribution in [0.15, 0.2) is 29.8 Å². The topological polar surface area (TPSA) is 37.3 Å². The fraction of sp³-hybridized carbons (Fsp3) is 0.308. The molecule has 2 nitrogen and oxygen atoms in total. The highest BCUT2D eigenvalue weighted by atomic mass is 35.5. The number of halogens is 2. The number of carboxylic acid groups (broad SMARTS) is 1. The van der Waals surface area contributed by atoms with Crippen molar-refractivity contribution in [2.24, 2.45) is 0 Å². The summed E-state index contributed by atoms with van der Waals surface area (Å²) in [5, 5.41) is 9.25. The molecule has 0 bridgehead atoms. The van der Waals surface area contributed by atoms with Gasteiger partial charge in [-0.2, -0.15) is 0 Å². The molecule has 0 radical (unpaired) electrons. The zero-order valence-electron chi connectivity index (χ0n) is 9.12. The molecule has 0 aliphatic heterocycles. The summed E-state index contributed by atoms with van der Waals surface area (Å²) in [5.41, 5.74) is 0.920. The Morgan fingerprint density at radius 3 is 2.76 bits per heavy atom. The van der Waals surface area contributed by atoms with Crippen molar-refractivity contribution in [1.82, 2.24) is 0 Å². The van der Waals surface area contributed by atoms with Crippen LogP contribution in [-0.4, -0.2) is 11.1 Å². The van der Waals surface area contributed by atoms with Gasteiger partial charge in [0.15, 0.2) is 0 Å². The number of hydrogen-bond donors (Lipinski definition) is 1. The van der Waals surface area contributed by atoms with Crippen molar-refractivity contribution in [2.75, 3.05) is 0 Å². The summed E-state index contributed by atoms with van der Waals surface area (Å²) in [4.78, 5) is 10.8. The van der Waals surface area contributed by atoms with Gasteiger partial charge in [-0.05, 0) is 37.3 Å². The molecule has 1 N–H and O–H groups in total. The van der Waals surface area contributed by atoms with E-state index in [1.54, 1.807) is 18.2 Å². The lowest BCUT2D eigenvalue weighted by atomic mass is 9.84. The molecule has 0 saturated heterocycles. The molecule has 0 aromatic heterocycles. The Morgan fingerprint density at radius 2 is 2.24 bits per heavy atom. The molecular weight excluding hydrogens is 243 g/mol. The third-order valence-electron chi connectivity index (χ3n) is 3.09. The molecule has 0 heterocycles. The highest BCUT2D eigenvalue weighted by molar-refractivity contribution is 6.31. The summed E-state index contributed by atoms with van der Waals surface area (Å²) >= 11 is 5.98. The van der Waals surface area contributed by atoms with Crippen molar-refractivity contribution in [2.45, 2.75) is 25.2 Å². The first-order chi connectivity index (χ1) is 8.09. The van der Waals surface area contributed by atoms with E-state index in [2.05, 4.69) is 0 Å². The Kier molecular flexibility index (Phi) is 3.48. The number of rotatable bonds is 2. The molecule has 2 rings (SSSR count). The molecule has 1 unspecified atom stereocenters. The molecule has 1 aliphatic rings. The van der Waals surface area contributed by atoms with Gasteiger partial charge in [-0.3, -0.25) is 0 Å². The lowest BCUT2D eigenvalue weighted by Gasteiger charge is -2.22. The third-order valence-corrected chi connectivity index (χ3v) is 3.42. The van der Waals surface area contributed by atoms with Gasteiger partial charge < -0.3 is 5.11 Å². The molecule has 0 spiro atoms. The predicted molar refractivity (Wildman–Crippen MR) is 63.7 cm³/mol. The Balaban J connectivity index is 2.24. The third kappa shape index (κ3) is 2.50. The maximum atomic E-state index is 13.7. The van der Waals surface area contributed by atoms with Crippen molar-refractivity contribution >= 4 is 17.6 Å². The normalized spacial score (nSPS) is 19.9.